The molecule has 0 bridgehead atoms. The molecule has 8 heavy (non-hydrogen) atoms. The summed E-state index contributed by atoms with van der Waals surface area (Å²) in [6.07, 6.45) is 2.74. The van der Waals surface area contributed by atoms with Crippen molar-refractivity contribution in [3.8, 4) is 0 Å². The van der Waals surface area contributed by atoms with E-state index < -0.39 is 0 Å². The Bertz CT molecular complexity index is 122. The van der Waals surface area contributed by atoms with Crippen LogP contribution in [0.5, 0.6) is 0 Å². The van der Waals surface area contributed by atoms with Crippen molar-refractivity contribution >= 4 is 12.2 Å². The minimum atomic E-state index is -0.331. The molecule has 0 unspecified atom stereocenters. The van der Waals surface area contributed by atoms with E-state index >= 15 is 0 Å². The van der Waals surface area contributed by atoms with Gasteiger partial charge in [0.05, 0.1) is 6.04 Å². The summed E-state index contributed by atoms with van der Waals surface area (Å²) in [5.41, 5.74) is 0. The number of hydrogen-bond donors (Lipinski definition) is 1. The molecule has 1 saturated heterocycles. The molecule has 43 valence electrons. The van der Waals surface area contributed by atoms with Crippen LogP contribution in [0.2, 0.25) is 0 Å². The zero-order valence-corrected chi connectivity index (χ0v) is 4.26. The molecule has 1 fully saturated rings. The van der Waals surface area contributed by atoms with Crippen LogP contribution < -0.4 is 5.32 Å². The molecule has 0 aliphatic carbocycles. The zero-order valence-electron chi connectivity index (χ0n) is 4.26. The number of carbonyl (C=O) groups is 2. The van der Waals surface area contributed by atoms with Crippen molar-refractivity contribution in [3.05, 3.63) is 6.42 Å². The molecular formula is C5H6NO2. The third kappa shape index (κ3) is 0.857. The molecule has 1 N–H and O–H groups in total. The van der Waals surface area contributed by atoms with Gasteiger partial charge in [0.1, 0.15) is 6.29 Å². The van der Waals surface area contributed by atoms with E-state index in [0.717, 1.165) is 0 Å². The summed E-state index contributed by atoms with van der Waals surface area (Å²) in [4.78, 5) is 20.2. The Morgan fingerprint density at radius 1 is 1.88 bits per heavy atom. The Kier molecular flexibility index (Phi) is 1.28. The van der Waals surface area contributed by atoms with Gasteiger partial charge in [0.15, 0.2) is 0 Å². The monoisotopic (exact) mass is 112 g/mol. The first-order chi connectivity index (χ1) is 3.83. The van der Waals surface area contributed by atoms with Crippen molar-refractivity contribution in [3.63, 3.8) is 0 Å². The van der Waals surface area contributed by atoms with Gasteiger partial charge in [0.2, 0.25) is 5.91 Å². The van der Waals surface area contributed by atoms with E-state index in [2.05, 4.69) is 5.32 Å². The zero-order chi connectivity index (χ0) is 5.98. The van der Waals surface area contributed by atoms with E-state index in [1.54, 1.807) is 6.42 Å². The van der Waals surface area contributed by atoms with Crippen molar-refractivity contribution in [2.24, 2.45) is 0 Å². The largest absolute Gasteiger partial charge is 0.346 e. The van der Waals surface area contributed by atoms with Gasteiger partial charge in [0.25, 0.3) is 0 Å². The molecule has 3 nitrogen and oxygen atoms in total. The number of aldehydes is 1. The first-order valence-electron chi connectivity index (χ1n) is 2.41. The molecule has 0 spiro atoms. The van der Waals surface area contributed by atoms with Crippen molar-refractivity contribution < 1.29 is 9.59 Å². The normalized spacial score (nSPS) is 27.5. The fraction of sp³-hybridized carbons (Fsp3) is 0.400. The van der Waals surface area contributed by atoms with E-state index in [1.165, 1.54) is 0 Å². The molecule has 0 aromatic rings. The van der Waals surface area contributed by atoms with Crippen LogP contribution in [0.1, 0.15) is 6.42 Å². The topological polar surface area (TPSA) is 46.2 Å². The highest BCUT2D eigenvalue weighted by Gasteiger charge is 2.19. The lowest BCUT2D eigenvalue weighted by atomic mass is 10.2. The van der Waals surface area contributed by atoms with Crippen LogP contribution in [0.15, 0.2) is 0 Å². The lowest BCUT2D eigenvalue weighted by Crippen LogP contribution is -2.26. The van der Waals surface area contributed by atoms with E-state index in [4.69, 9.17) is 0 Å². The molecule has 3 heteroatoms. The molecule has 1 aliphatic heterocycles. The van der Waals surface area contributed by atoms with Gasteiger partial charge in [-0.05, 0) is 0 Å². The van der Waals surface area contributed by atoms with Crippen LogP contribution in [0.4, 0.5) is 0 Å². The Morgan fingerprint density at radius 3 is 2.88 bits per heavy atom. The van der Waals surface area contributed by atoms with Gasteiger partial charge >= 0.3 is 0 Å². The van der Waals surface area contributed by atoms with Gasteiger partial charge in [-0.3, -0.25) is 4.79 Å². The maximum absolute atomic E-state index is 10.3. The van der Waals surface area contributed by atoms with E-state index in [0.29, 0.717) is 12.7 Å². The van der Waals surface area contributed by atoms with Crippen LogP contribution in [0, 0.1) is 6.42 Å². The standard InChI is InChI=1S/C5H6NO2/c7-3-4-1-2-5(8)6-4/h1,3-4H,2H2,(H,6,8)/t4-/m0/s1. The quantitative estimate of drug-likeness (QED) is 0.455. The molecular weight excluding hydrogens is 106 g/mol. The predicted octanol–water partition coefficient (Wildman–Crippen LogP) is -0.722. The van der Waals surface area contributed by atoms with Crippen LogP contribution in [-0.2, 0) is 9.59 Å². The second kappa shape index (κ2) is 1.94. The first kappa shape index (κ1) is 5.28. The number of amides is 1. The minimum absolute atomic E-state index is 0.0675. The van der Waals surface area contributed by atoms with E-state index in [9.17, 15) is 9.59 Å². The molecule has 1 atom stereocenters. The highest BCUT2D eigenvalue weighted by Crippen LogP contribution is 2.00. The Labute approximate surface area is 47.1 Å². The van der Waals surface area contributed by atoms with Gasteiger partial charge in [0, 0.05) is 12.8 Å². The van der Waals surface area contributed by atoms with Gasteiger partial charge in [-0.2, -0.15) is 0 Å². The third-order valence-electron chi connectivity index (χ3n) is 1.03. The molecule has 0 aromatic carbocycles. The minimum Gasteiger partial charge on any atom is -0.346 e. The van der Waals surface area contributed by atoms with Crippen molar-refractivity contribution in [2.45, 2.75) is 12.5 Å². The molecule has 1 rings (SSSR count). The smallest absolute Gasteiger partial charge is 0.220 e. The van der Waals surface area contributed by atoms with Crippen molar-refractivity contribution in [1.82, 2.24) is 5.32 Å². The summed E-state index contributed by atoms with van der Waals surface area (Å²) < 4.78 is 0. The number of carbonyl (C=O) groups excluding carboxylic acids is 2. The van der Waals surface area contributed by atoms with Crippen molar-refractivity contribution in [2.75, 3.05) is 0 Å². The number of hydrogen-bond acceptors (Lipinski definition) is 2. The summed E-state index contributed by atoms with van der Waals surface area (Å²) >= 11 is 0. The lowest BCUT2D eigenvalue weighted by Gasteiger charge is -1.94. The van der Waals surface area contributed by atoms with E-state index in [1.807, 2.05) is 0 Å². The molecule has 0 saturated carbocycles. The Balaban J connectivity index is 2.43. The van der Waals surface area contributed by atoms with Gasteiger partial charge in [-0.25, -0.2) is 0 Å². The Morgan fingerprint density at radius 2 is 2.62 bits per heavy atom. The molecule has 0 aromatic heterocycles. The van der Waals surface area contributed by atoms with Crippen LogP contribution in [0.25, 0.3) is 0 Å². The number of nitrogens with one attached hydrogen (secondary N) is 1. The molecule has 1 radical (unpaired) electrons. The SMILES string of the molecule is O=C[C@@H]1[CH]CC(=O)N1. The van der Waals surface area contributed by atoms with Crippen LogP contribution in [-0.4, -0.2) is 18.2 Å². The number of rotatable bonds is 1. The lowest BCUT2D eigenvalue weighted by molar-refractivity contribution is -0.120. The summed E-state index contributed by atoms with van der Waals surface area (Å²) in [5.74, 6) is -0.0675. The first-order valence-corrected chi connectivity index (χ1v) is 2.41. The summed E-state index contributed by atoms with van der Waals surface area (Å²) in [5, 5.41) is 2.44. The fourth-order valence-corrected chi connectivity index (χ4v) is 0.627. The second-order valence-corrected chi connectivity index (χ2v) is 1.67. The predicted molar refractivity (Wildman–Crippen MR) is 26.9 cm³/mol. The molecule has 1 aliphatic rings. The average molecular weight is 112 g/mol. The van der Waals surface area contributed by atoms with Crippen LogP contribution >= 0.6 is 0 Å². The van der Waals surface area contributed by atoms with Crippen LogP contribution in [0.3, 0.4) is 0 Å². The summed E-state index contributed by atoms with van der Waals surface area (Å²) in [6, 6.07) is -0.331. The third-order valence-corrected chi connectivity index (χ3v) is 1.03. The average Bonchev–Trinajstić information content (AvgIpc) is 2.14. The van der Waals surface area contributed by atoms with Gasteiger partial charge in [-0.15, -0.1) is 0 Å². The van der Waals surface area contributed by atoms with Gasteiger partial charge in [-0.1, -0.05) is 0 Å². The van der Waals surface area contributed by atoms with Crippen molar-refractivity contribution in [1.29, 1.82) is 0 Å². The fourth-order valence-electron chi connectivity index (χ4n) is 0.627. The highest BCUT2D eigenvalue weighted by molar-refractivity contribution is 5.85. The highest BCUT2D eigenvalue weighted by atomic mass is 16.2. The summed E-state index contributed by atoms with van der Waals surface area (Å²) in [6.45, 7) is 0. The second-order valence-electron chi connectivity index (χ2n) is 1.67. The molecule has 1 amide bonds. The van der Waals surface area contributed by atoms with Gasteiger partial charge < -0.3 is 10.1 Å². The molecule has 1 heterocycles. The van der Waals surface area contributed by atoms with E-state index in [-0.39, 0.29) is 11.9 Å². The maximum Gasteiger partial charge on any atom is 0.220 e. The maximum atomic E-state index is 10.3. The Hall–Kier alpha value is -0.860. The summed E-state index contributed by atoms with van der Waals surface area (Å²) in [7, 11) is 0.